The molecule has 0 saturated heterocycles. The molecule has 198 valence electrons. The molecule has 0 saturated carbocycles. The van der Waals surface area contributed by atoms with Gasteiger partial charge in [-0.2, -0.15) is 0 Å². The monoisotopic (exact) mass is 544 g/mol. The Hall–Kier alpha value is -4.89. The van der Waals surface area contributed by atoms with Gasteiger partial charge < -0.3 is 15.4 Å². The third-order valence-corrected chi connectivity index (χ3v) is 5.98. The van der Waals surface area contributed by atoms with Gasteiger partial charge in [0.05, 0.1) is 15.5 Å². The van der Waals surface area contributed by atoms with Crippen LogP contribution in [0.1, 0.15) is 15.9 Å². The van der Waals surface area contributed by atoms with Gasteiger partial charge in [-0.15, -0.1) is 0 Å². The second kappa shape index (κ2) is 12.6. The van der Waals surface area contributed by atoms with Gasteiger partial charge in [0.15, 0.2) is 0 Å². The van der Waals surface area contributed by atoms with Gasteiger partial charge in [-0.1, -0.05) is 41.9 Å². The molecule has 0 aromatic heterocycles. The smallest absolute Gasteiger partial charge is 0.326 e. The lowest BCUT2D eigenvalue weighted by Gasteiger charge is -2.24. The lowest BCUT2D eigenvalue weighted by atomic mass is 10.2. The minimum absolute atomic E-state index is 0.0373. The molecule has 4 aromatic rings. The Balaban J connectivity index is 1.48. The second-order valence-electron chi connectivity index (χ2n) is 8.54. The maximum Gasteiger partial charge on any atom is 0.326 e. The van der Waals surface area contributed by atoms with Crippen molar-refractivity contribution in [3.05, 3.63) is 123 Å². The summed E-state index contributed by atoms with van der Waals surface area (Å²) in [6.45, 7) is 2.15. The van der Waals surface area contributed by atoms with Crippen LogP contribution in [0.2, 0.25) is 5.02 Å². The molecular weight excluding hydrogens is 520 g/mol. The summed E-state index contributed by atoms with van der Waals surface area (Å²) in [4.78, 5) is 37.8. The first-order valence-electron chi connectivity index (χ1n) is 12.0. The third kappa shape index (κ3) is 7.33. The lowest BCUT2D eigenvalue weighted by Crippen LogP contribution is -2.41. The fraction of sp³-hybridized carbons (Fsp3) is 0.103. The number of hydrogen-bond donors (Lipinski definition) is 2. The van der Waals surface area contributed by atoms with Crippen molar-refractivity contribution in [3.8, 4) is 11.5 Å². The van der Waals surface area contributed by atoms with Crippen LogP contribution in [0.5, 0.6) is 11.5 Å². The summed E-state index contributed by atoms with van der Waals surface area (Å²) >= 11 is 6.08. The normalized spacial score (nSPS) is 10.4. The Kier molecular flexibility index (Phi) is 8.75. The van der Waals surface area contributed by atoms with Gasteiger partial charge in [-0.05, 0) is 67.1 Å². The molecule has 4 aromatic carbocycles. The van der Waals surface area contributed by atoms with E-state index < -0.39 is 10.8 Å². The number of nitrogens with zero attached hydrogens (tertiary/aromatic N) is 2. The van der Waals surface area contributed by atoms with E-state index >= 15 is 0 Å². The molecule has 0 bridgehead atoms. The van der Waals surface area contributed by atoms with Crippen LogP contribution in [0.4, 0.5) is 21.9 Å². The van der Waals surface area contributed by atoms with Gasteiger partial charge >= 0.3 is 6.03 Å². The van der Waals surface area contributed by atoms with Gasteiger partial charge in [0.25, 0.3) is 11.6 Å². The van der Waals surface area contributed by atoms with Gasteiger partial charge in [0.2, 0.25) is 0 Å². The number of rotatable bonds is 9. The zero-order chi connectivity index (χ0) is 27.8. The Labute approximate surface area is 230 Å². The molecule has 0 unspecified atom stereocenters. The number of para-hydroxylation sites is 1. The number of hydrogen-bond acceptors (Lipinski definition) is 5. The summed E-state index contributed by atoms with van der Waals surface area (Å²) in [5.41, 5.74) is 2.10. The average molecular weight is 545 g/mol. The predicted molar refractivity (Wildman–Crippen MR) is 151 cm³/mol. The van der Waals surface area contributed by atoms with Crippen molar-refractivity contribution in [2.24, 2.45) is 0 Å². The SMILES string of the molecule is Cc1cccc(NC(=O)N(CCNC(=O)c2ccc([N+](=O)[O-])cc2Cl)c2ccc(Oc3ccccc3)cc2)c1. The molecule has 3 amide bonds. The number of amides is 3. The van der Waals surface area contributed by atoms with Gasteiger partial charge in [-0.3, -0.25) is 19.8 Å². The quantitative estimate of drug-likeness (QED) is 0.177. The Morgan fingerprint density at radius 3 is 2.31 bits per heavy atom. The van der Waals surface area contributed by atoms with Crippen LogP contribution in [0.3, 0.4) is 0 Å². The van der Waals surface area contributed by atoms with Crippen molar-refractivity contribution in [3.63, 3.8) is 0 Å². The average Bonchev–Trinajstić information content (AvgIpc) is 2.92. The summed E-state index contributed by atoms with van der Waals surface area (Å²) in [5.74, 6) is 0.776. The molecule has 0 spiro atoms. The number of carbonyl (C=O) groups excluding carboxylic acids is 2. The highest BCUT2D eigenvalue weighted by molar-refractivity contribution is 6.34. The van der Waals surface area contributed by atoms with Crippen molar-refractivity contribution in [2.45, 2.75) is 6.92 Å². The van der Waals surface area contributed by atoms with E-state index in [4.69, 9.17) is 16.3 Å². The van der Waals surface area contributed by atoms with Crippen LogP contribution in [-0.4, -0.2) is 30.0 Å². The van der Waals surface area contributed by atoms with E-state index in [0.29, 0.717) is 22.9 Å². The molecule has 10 heteroatoms. The molecule has 2 N–H and O–H groups in total. The molecule has 0 aliphatic carbocycles. The standard InChI is InChI=1S/C29H25ClN4O5/c1-20-6-5-7-21(18-20)32-29(36)33(22-10-13-25(14-11-22)39-24-8-3-2-4-9-24)17-16-31-28(35)26-15-12-23(34(37)38)19-27(26)30/h2-15,18-19H,16-17H2,1H3,(H,31,35)(H,32,36). The van der Waals surface area contributed by atoms with Crippen LogP contribution in [-0.2, 0) is 0 Å². The molecule has 0 aliphatic heterocycles. The van der Waals surface area contributed by atoms with Gasteiger partial charge in [0, 0.05) is 36.6 Å². The van der Waals surface area contributed by atoms with Crippen molar-refractivity contribution in [1.29, 1.82) is 0 Å². The van der Waals surface area contributed by atoms with E-state index in [2.05, 4.69) is 10.6 Å². The van der Waals surface area contributed by atoms with Crippen LogP contribution in [0, 0.1) is 17.0 Å². The molecule has 0 atom stereocenters. The van der Waals surface area contributed by atoms with Crippen LogP contribution >= 0.6 is 11.6 Å². The first-order valence-corrected chi connectivity index (χ1v) is 12.4. The zero-order valence-electron chi connectivity index (χ0n) is 21.0. The number of anilines is 2. The summed E-state index contributed by atoms with van der Waals surface area (Å²) in [6.07, 6.45) is 0. The molecular formula is C29H25ClN4O5. The maximum absolute atomic E-state index is 13.3. The Morgan fingerprint density at radius 2 is 1.64 bits per heavy atom. The third-order valence-electron chi connectivity index (χ3n) is 5.67. The molecule has 39 heavy (non-hydrogen) atoms. The molecule has 9 nitrogen and oxygen atoms in total. The van der Waals surface area contributed by atoms with Gasteiger partial charge in [0.1, 0.15) is 11.5 Å². The highest BCUT2D eigenvalue weighted by atomic mass is 35.5. The zero-order valence-corrected chi connectivity index (χ0v) is 21.7. The van der Waals surface area contributed by atoms with E-state index in [1.165, 1.54) is 17.0 Å². The largest absolute Gasteiger partial charge is 0.457 e. The lowest BCUT2D eigenvalue weighted by molar-refractivity contribution is -0.384. The minimum Gasteiger partial charge on any atom is -0.457 e. The number of halogens is 1. The number of non-ortho nitro benzene ring substituents is 1. The van der Waals surface area contributed by atoms with E-state index in [-0.39, 0.29) is 35.4 Å². The molecule has 0 aliphatic rings. The van der Waals surface area contributed by atoms with E-state index in [0.717, 1.165) is 11.6 Å². The van der Waals surface area contributed by atoms with E-state index in [9.17, 15) is 19.7 Å². The van der Waals surface area contributed by atoms with Crippen LogP contribution in [0.25, 0.3) is 0 Å². The van der Waals surface area contributed by atoms with Crippen molar-refractivity contribution < 1.29 is 19.2 Å². The summed E-state index contributed by atoms with van der Waals surface area (Å²) < 4.78 is 5.85. The van der Waals surface area contributed by atoms with E-state index in [1.54, 1.807) is 30.3 Å². The van der Waals surface area contributed by atoms with Crippen molar-refractivity contribution in [2.75, 3.05) is 23.3 Å². The first kappa shape index (κ1) is 27.2. The molecule has 0 fully saturated rings. The summed E-state index contributed by atoms with van der Waals surface area (Å²) in [5, 5.41) is 16.5. The summed E-state index contributed by atoms with van der Waals surface area (Å²) in [7, 11) is 0. The first-order chi connectivity index (χ1) is 18.8. The van der Waals surface area contributed by atoms with Crippen LogP contribution in [0.15, 0.2) is 97.1 Å². The fourth-order valence-corrected chi connectivity index (χ4v) is 4.02. The van der Waals surface area contributed by atoms with E-state index in [1.807, 2.05) is 55.5 Å². The molecule has 0 heterocycles. The maximum atomic E-state index is 13.3. The number of urea groups is 1. The topological polar surface area (TPSA) is 114 Å². The highest BCUT2D eigenvalue weighted by Gasteiger charge is 2.19. The number of nitrogens with one attached hydrogen (secondary N) is 2. The van der Waals surface area contributed by atoms with Crippen molar-refractivity contribution >= 4 is 40.6 Å². The second-order valence-corrected chi connectivity index (χ2v) is 8.94. The summed E-state index contributed by atoms with van der Waals surface area (Å²) in [6, 6.07) is 27.0. The number of nitro benzene ring substituents is 1. The Bertz CT molecular complexity index is 1480. The number of benzene rings is 4. The van der Waals surface area contributed by atoms with Crippen LogP contribution < -0.4 is 20.3 Å². The Morgan fingerprint density at radius 1 is 0.923 bits per heavy atom. The van der Waals surface area contributed by atoms with Gasteiger partial charge in [-0.25, -0.2) is 4.79 Å². The highest BCUT2D eigenvalue weighted by Crippen LogP contribution is 2.25. The predicted octanol–water partition coefficient (Wildman–Crippen LogP) is 6.82. The fourth-order valence-electron chi connectivity index (χ4n) is 3.76. The van der Waals surface area contributed by atoms with Crippen molar-refractivity contribution in [1.82, 2.24) is 5.32 Å². The number of ether oxygens (including phenoxy) is 1. The molecule has 4 rings (SSSR count). The minimum atomic E-state index is -0.589. The number of carbonyl (C=O) groups is 2. The molecule has 0 radical (unpaired) electrons. The number of aryl methyl sites for hydroxylation is 1. The number of nitro groups is 1.